The second-order valence-corrected chi connectivity index (χ2v) is 10.1. The quantitative estimate of drug-likeness (QED) is 0.680. The van der Waals surface area contributed by atoms with Gasteiger partial charge in [0.15, 0.2) is 0 Å². The van der Waals surface area contributed by atoms with Gasteiger partial charge in [-0.15, -0.1) is 0 Å². The number of hydrogen-bond acceptors (Lipinski definition) is 5. The van der Waals surface area contributed by atoms with Crippen LogP contribution in [0, 0.1) is 11.8 Å². The number of fused-ring (bicyclic) bond motifs is 1. The van der Waals surface area contributed by atoms with E-state index < -0.39 is 0 Å². The molecule has 0 radical (unpaired) electrons. The van der Waals surface area contributed by atoms with Crippen LogP contribution >= 0.6 is 0 Å². The fraction of sp³-hybridized carbons (Fsp3) is 0.667. The number of carbonyl (C=O) groups is 3. The molecule has 3 rings (SSSR count). The Morgan fingerprint density at radius 1 is 1.17 bits per heavy atom. The highest BCUT2D eigenvalue weighted by Crippen LogP contribution is 2.30. The molecule has 0 spiro atoms. The number of methoxy groups -OCH3 is 1. The van der Waals surface area contributed by atoms with E-state index in [1.165, 1.54) is 0 Å². The number of hydrogen-bond donors (Lipinski definition) is 1. The van der Waals surface area contributed by atoms with E-state index in [1.54, 1.807) is 37.3 Å². The minimum atomic E-state index is -0.230. The number of ether oxygens (including phenoxy) is 2. The van der Waals surface area contributed by atoms with E-state index in [4.69, 9.17) is 9.47 Å². The second-order valence-electron chi connectivity index (χ2n) is 10.1. The lowest BCUT2D eigenvalue weighted by molar-refractivity contribution is -0.139. The number of rotatable bonds is 5. The van der Waals surface area contributed by atoms with Gasteiger partial charge in [-0.2, -0.15) is 0 Å². The fourth-order valence-corrected chi connectivity index (χ4v) is 5.02. The van der Waals surface area contributed by atoms with Gasteiger partial charge in [0.25, 0.3) is 5.91 Å². The molecular formula is C27H41N3O5. The first-order chi connectivity index (χ1) is 16.7. The van der Waals surface area contributed by atoms with Crippen LogP contribution < -0.4 is 10.1 Å². The third-order valence-corrected chi connectivity index (χ3v) is 7.19. The smallest absolute Gasteiger partial charge is 0.257 e. The number of nitrogens with one attached hydrogen (secondary N) is 1. The van der Waals surface area contributed by atoms with Gasteiger partial charge in [0.2, 0.25) is 11.8 Å². The van der Waals surface area contributed by atoms with E-state index in [9.17, 15) is 14.4 Å². The Labute approximate surface area is 209 Å². The molecule has 0 aromatic heterocycles. The van der Waals surface area contributed by atoms with E-state index in [0.29, 0.717) is 36.5 Å². The predicted octanol–water partition coefficient (Wildman–Crippen LogP) is 3.95. The molecule has 3 atom stereocenters. The zero-order valence-electron chi connectivity index (χ0n) is 21.8. The van der Waals surface area contributed by atoms with Gasteiger partial charge in [-0.3, -0.25) is 14.4 Å². The molecule has 35 heavy (non-hydrogen) atoms. The molecule has 0 saturated heterocycles. The first-order valence-electron chi connectivity index (χ1n) is 12.9. The van der Waals surface area contributed by atoms with Gasteiger partial charge >= 0.3 is 0 Å². The first-order valence-corrected chi connectivity index (χ1v) is 12.9. The van der Waals surface area contributed by atoms with Crippen molar-refractivity contribution in [1.82, 2.24) is 9.80 Å². The summed E-state index contributed by atoms with van der Waals surface area (Å²) < 4.78 is 11.9. The highest BCUT2D eigenvalue weighted by atomic mass is 16.5. The van der Waals surface area contributed by atoms with E-state index in [2.05, 4.69) is 12.2 Å². The van der Waals surface area contributed by atoms with Crippen LogP contribution in [0.3, 0.4) is 0 Å². The number of carbonyl (C=O) groups excluding carboxylic acids is 3. The van der Waals surface area contributed by atoms with Crippen LogP contribution in [-0.2, 0) is 14.3 Å². The lowest BCUT2D eigenvalue weighted by Crippen LogP contribution is -2.50. The molecule has 1 N–H and O–H groups in total. The maximum atomic E-state index is 13.5. The lowest BCUT2D eigenvalue weighted by Gasteiger charge is -2.37. The summed E-state index contributed by atoms with van der Waals surface area (Å²) in [6, 6.07) is 4.98. The molecule has 1 aromatic carbocycles. The monoisotopic (exact) mass is 487 g/mol. The van der Waals surface area contributed by atoms with Crippen molar-refractivity contribution in [3.05, 3.63) is 23.8 Å². The van der Waals surface area contributed by atoms with Crippen LogP contribution in [0.15, 0.2) is 18.2 Å². The molecule has 194 valence electrons. The number of likely N-dealkylation sites (N-methyl/N-ethyl adjacent to an activating group) is 1. The largest absolute Gasteiger partial charge is 0.491 e. The van der Waals surface area contributed by atoms with Crippen molar-refractivity contribution in [3.8, 4) is 5.75 Å². The Hall–Kier alpha value is -2.61. The molecule has 0 unspecified atom stereocenters. The van der Waals surface area contributed by atoms with Gasteiger partial charge in [0, 0.05) is 51.2 Å². The molecule has 3 amide bonds. The van der Waals surface area contributed by atoms with Crippen molar-refractivity contribution < 1.29 is 23.9 Å². The van der Waals surface area contributed by atoms with Crippen LogP contribution in [0.25, 0.3) is 0 Å². The second kappa shape index (κ2) is 12.4. The Morgan fingerprint density at radius 2 is 1.89 bits per heavy atom. The molecule has 1 heterocycles. The molecule has 1 fully saturated rings. The van der Waals surface area contributed by atoms with Crippen molar-refractivity contribution in [1.29, 1.82) is 0 Å². The van der Waals surface area contributed by atoms with E-state index in [0.717, 1.165) is 32.1 Å². The number of nitrogens with zero attached hydrogens (tertiary/aromatic N) is 2. The molecule has 1 aliphatic carbocycles. The van der Waals surface area contributed by atoms with Crippen molar-refractivity contribution >= 4 is 23.4 Å². The highest BCUT2D eigenvalue weighted by molar-refractivity contribution is 5.99. The summed E-state index contributed by atoms with van der Waals surface area (Å²) in [7, 11) is 3.39. The molecule has 1 aromatic rings. The lowest BCUT2D eigenvalue weighted by atomic mass is 9.99. The minimum absolute atomic E-state index is 0.0293. The number of anilines is 1. The van der Waals surface area contributed by atoms with Gasteiger partial charge in [0.05, 0.1) is 17.7 Å². The first kappa shape index (κ1) is 27.0. The summed E-state index contributed by atoms with van der Waals surface area (Å²) in [6.45, 7) is 7.21. The highest BCUT2D eigenvalue weighted by Gasteiger charge is 2.34. The van der Waals surface area contributed by atoms with Gasteiger partial charge in [-0.05, 0) is 44.4 Å². The molecule has 1 saturated carbocycles. The Kier molecular flexibility index (Phi) is 9.55. The van der Waals surface area contributed by atoms with Crippen molar-refractivity contribution in [2.75, 3.05) is 39.2 Å². The summed E-state index contributed by atoms with van der Waals surface area (Å²) in [5, 5.41) is 2.86. The Bertz CT molecular complexity index is 899. The SMILES string of the molecule is CCCC(=O)Nc1ccc2c(c1)C(=O)N(C)C[C@H](OC)[C@@H](C)CN(C(=O)C1CCCC1)[C@H](C)CO2. The summed E-state index contributed by atoms with van der Waals surface area (Å²) >= 11 is 0. The molecule has 8 nitrogen and oxygen atoms in total. The molecule has 0 bridgehead atoms. The Morgan fingerprint density at radius 3 is 2.54 bits per heavy atom. The minimum Gasteiger partial charge on any atom is -0.491 e. The topological polar surface area (TPSA) is 88.2 Å². The van der Waals surface area contributed by atoms with Gasteiger partial charge in [0.1, 0.15) is 12.4 Å². The summed E-state index contributed by atoms with van der Waals surface area (Å²) in [5.74, 6) is 0.443. The van der Waals surface area contributed by atoms with Crippen LogP contribution in [0.2, 0.25) is 0 Å². The van der Waals surface area contributed by atoms with Crippen LogP contribution in [-0.4, -0.2) is 73.5 Å². The van der Waals surface area contributed by atoms with E-state index in [-0.39, 0.29) is 48.3 Å². The molecule has 2 aliphatic rings. The average molecular weight is 488 g/mol. The maximum absolute atomic E-state index is 13.5. The van der Waals surface area contributed by atoms with Crippen LogP contribution in [0.4, 0.5) is 5.69 Å². The maximum Gasteiger partial charge on any atom is 0.257 e. The standard InChI is InChI=1S/C27H41N3O5/c1-6-9-25(31)28-21-12-13-23-22(14-21)27(33)29(4)16-24(34-5)18(2)15-30(19(3)17-35-23)26(32)20-10-7-8-11-20/h12-14,18-20,24H,6-11,15-17H2,1-5H3,(H,28,31)/t18-,19+,24-/m0/s1. The van der Waals surface area contributed by atoms with Crippen molar-refractivity contribution in [2.24, 2.45) is 11.8 Å². The van der Waals surface area contributed by atoms with Crippen LogP contribution in [0.1, 0.15) is 69.7 Å². The summed E-state index contributed by atoms with van der Waals surface area (Å²) in [5.41, 5.74) is 0.938. The predicted molar refractivity (Wildman–Crippen MR) is 136 cm³/mol. The fourth-order valence-electron chi connectivity index (χ4n) is 5.02. The third-order valence-electron chi connectivity index (χ3n) is 7.19. The van der Waals surface area contributed by atoms with Crippen molar-refractivity contribution in [2.45, 2.75) is 71.4 Å². The average Bonchev–Trinajstić information content (AvgIpc) is 3.38. The normalized spacial score (nSPS) is 24.3. The zero-order chi connectivity index (χ0) is 25.5. The summed E-state index contributed by atoms with van der Waals surface area (Å²) in [4.78, 5) is 42.6. The van der Waals surface area contributed by atoms with Gasteiger partial charge in [-0.25, -0.2) is 0 Å². The van der Waals surface area contributed by atoms with Crippen molar-refractivity contribution in [3.63, 3.8) is 0 Å². The molecule has 1 aliphatic heterocycles. The van der Waals surface area contributed by atoms with Gasteiger partial charge < -0.3 is 24.6 Å². The van der Waals surface area contributed by atoms with Gasteiger partial charge in [-0.1, -0.05) is 26.7 Å². The number of benzene rings is 1. The van der Waals surface area contributed by atoms with Crippen LogP contribution in [0.5, 0.6) is 5.75 Å². The Balaban J connectivity index is 1.92. The van der Waals surface area contributed by atoms with E-state index in [1.807, 2.05) is 18.7 Å². The molecule has 8 heteroatoms. The van der Waals surface area contributed by atoms with E-state index >= 15 is 0 Å². The summed E-state index contributed by atoms with van der Waals surface area (Å²) in [6.07, 6.45) is 5.01. The zero-order valence-corrected chi connectivity index (χ0v) is 21.8. The third kappa shape index (κ3) is 6.75. The number of amides is 3. The molecular weight excluding hydrogens is 446 g/mol.